The molecule has 0 saturated heterocycles. The molecule has 0 bridgehead atoms. The van der Waals surface area contributed by atoms with Crippen LogP contribution < -0.4 is 10.2 Å². The van der Waals surface area contributed by atoms with Gasteiger partial charge in [0.05, 0.1) is 6.54 Å². The molecule has 24 heavy (non-hydrogen) atoms. The predicted molar refractivity (Wildman–Crippen MR) is 101 cm³/mol. The van der Waals surface area contributed by atoms with Gasteiger partial charge in [0.2, 0.25) is 6.41 Å². The maximum Gasteiger partial charge on any atom is 0.215 e. The average molecular weight is 365 g/mol. The quantitative estimate of drug-likeness (QED) is 0.330. The van der Waals surface area contributed by atoms with Gasteiger partial charge in [0.15, 0.2) is 16.1 Å². The van der Waals surface area contributed by atoms with Crippen molar-refractivity contribution >= 4 is 41.3 Å². The SMILES string of the molecule is CCCSc1nc(Cl)c(NC)c(N(C=O)Cc2ccc(C)cc2)n1. The highest BCUT2D eigenvalue weighted by Gasteiger charge is 2.18. The van der Waals surface area contributed by atoms with Crippen molar-refractivity contribution < 1.29 is 4.79 Å². The zero-order valence-corrected chi connectivity index (χ0v) is 15.6. The Labute approximate surface area is 151 Å². The number of halogens is 1. The number of anilines is 2. The van der Waals surface area contributed by atoms with Crippen molar-refractivity contribution in [3.05, 3.63) is 40.5 Å². The van der Waals surface area contributed by atoms with E-state index in [0.717, 1.165) is 24.1 Å². The summed E-state index contributed by atoms with van der Waals surface area (Å²) in [5, 5.41) is 3.88. The van der Waals surface area contributed by atoms with Gasteiger partial charge in [-0.3, -0.25) is 9.69 Å². The lowest BCUT2D eigenvalue weighted by Gasteiger charge is -2.21. The third kappa shape index (κ3) is 4.61. The molecule has 0 aliphatic heterocycles. The molecular formula is C17H21ClN4OS. The molecule has 2 rings (SSSR count). The maximum absolute atomic E-state index is 11.7. The van der Waals surface area contributed by atoms with Gasteiger partial charge in [-0.2, -0.15) is 0 Å². The fraction of sp³-hybridized carbons (Fsp3) is 0.353. The summed E-state index contributed by atoms with van der Waals surface area (Å²) >= 11 is 7.80. The highest BCUT2D eigenvalue weighted by Crippen LogP contribution is 2.32. The van der Waals surface area contributed by atoms with Crippen molar-refractivity contribution in [1.82, 2.24) is 9.97 Å². The molecule has 128 valence electrons. The molecule has 0 fully saturated rings. The highest BCUT2D eigenvalue weighted by molar-refractivity contribution is 7.99. The van der Waals surface area contributed by atoms with Gasteiger partial charge in [0.1, 0.15) is 5.69 Å². The summed E-state index contributed by atoms with van der Waals surface area (Å²) in [5.41, 5.74) is 2.75. The summed E-state index contributed by atoms with van der Waals surface area (Å²) in [4.78, 5) is 22.0. The van der Waals surface area contributed by atoms with Gasteiger partial charge >= 0.3 is 0 Å². The second-order valence-electron chi connectivity index (χ2n) is 5.31. The Bertz CT molecular complexity index is 694. The minimum atomic E-state index is 0.317. The number of rotatable bonds is 8. The van der Waals surface area contributed by atoms with Gasteiger partial charge in [0.25, 0.3) is 0 Å². The summed E-state index contributed by atoms with van der Waals surface area (Å²) in [6, 6.07) is 8.04. The van der Waals surface area contributed by atoms with E-state index in [2.05, 4.69) is 22.2 Å². The number of nitrogens with zero attached hydrogens (tertiary/aromatic N) is 3. The van der Waals surface area contributed by atoms with Gasteiger partial charge < -0.3 is 5.32 Å². The first kappa shape index (κ1) is 18.5. The van der Waals surface area contributed by atoms with Crippen LogP contribution in [0.15, 0.2) is 29.4 Å². The highest BCUT2D eigenvalue weighted by atomic mass is 35.5. The largest absolute Gasteiger partial charge is 0.383 e. The monoisotopic (exact) mass is 364 g/mol. The standard InChI is InChI=1S/C17H21ClN4OS/c1-4-9-24-17-20-15(18)14(19-3)16(21-17)22(11-23)10-13-7-5-12(2)6-8-13/h5-8,11,19H,4,9-10H2,1-3H3. The normalized spacial score (nSPS) is 10.5. The predicted octanol–water partition coefficient (Wildman–Crippen LogP) is 4.15. The molecule has 0 aliphatic carbocycles. The summed E-state index contributed by atoms with van der Waals surface area (Å²) in [5.74, 6) is 1.39. The molecule has 0 atom stereocenters. The molecule has 2 aromatic rings. The Morgan fingerprint density at radius 3 is 2.58 bits per heavy atom. The van der Waals surface area contributed by atoms with Gasteiger partial charge in [-0.15, -0.1) is 0 Å². The fourth-order valence-electron chi connectivity index (χ4n) is 2.14. The van der Waals surface area contributed by atoms with Crippen LogP contribution in [0.1, 0.15) is 24.5 Å². The summed E-state index contributed by atoms with van der Waals surface area (Å²) in [6.45, 7) is 4.54. The number of aromatic nitrogens is 2. The number of hydrogen-bond donors (Lipinski definition) is 1. The Hall–Kier alpha value is -1.79. The summed E-state index contributed by atoms with van der Waals surface area (Å²) in [7, 11) is 1.74. The molecule has 0 radical (unpaired) electrons. The van der Waals surface area contributed by atoms with Crippen LogP contribution in [0.4, 0.5) is 11.5 Å². The Morgan fingerprint density at radius 2 is 2.00 bits per heavy atom. The average Bonchev–Trinajstić information content (AvgIpc) is 2.59. The minimum Gasteiger partial charge on any atom is -0.383 e. The van der Waals surface area contributed by atoms with E-state index in [4.69, 9.17) is 11.6 Å². The van der Waals surface area contributed by atoms with Crippen LogP contribution in [0.2, 0.25) is 5.15 Å². The summed E-state index contributed by atoms with van der Waals surface area (Å²) < 4.78 is 0. The lowest BCUT2D eigenvalue weighted by molar-refractivity contribution is -0.107. The fourth-order valence-corrected chi connectivity index (χ4v) is 3.14. The molecule has 1 heterocycles. The van der Waals surface area contributed by atoms with Gasteiger partial charge in [-0.05, 0) is 18.9 Å². The Morgan fingerprint density at radius 1 is 1.29 bits per heavy atom. The molecule has 7 heteroatoms. The second kappa shape index (κ2) is 8.89. The number of thioether (sulfide) groups is 1. The number of aryl methyl sites for hydroxylation is 1. The molecule has 1 aromatic carbocycles. The van der Waals surface area contributed by atoms with Crippen LogP contribution >= 0.6 is 23.4 Å². The van der Waals surface area contributed by atoms with Crippen LogP contribution in [0, 0.1) is 6.92 Å². The van der Waals surface area contributed by atoms with E-state index >= 15 is 0 Å². The van der Waals surface area contributed by atoms with E-state index in [1.54, 1.807) is 11.9 Å². The van der Waals surface area contributed by atoms with Gasteiger partial charge in [-0.25, -0.2) is 9.97 Å². The van der Waals surface area contributed by atoms with Crippen LogP contribution in [0.25, 0.3) is 0 Å². The smallest absolute Gasteiger partial charge is 0.215 e. The first-order chi connectivity index (χ1) is 11.6. The van der Waals surface area contributed by atoms with Crippen molar-refractivity contribution in [2.75, 3.05) is 23.0 Å². The zero-order chi connectivity index (χ0) is 17.5. The lowest BCUT2D eigenvalue weighted by Crippen LogP contribution is -2.23. The van der Waals surface area contributed by atoms with E-state index in [-0.39, 0.29) is 0 Å². The second-order valence-corrected chi connectivity index (χ2v) is 6.73. The Balaban J connectivity index is 2.35. The van der Waals surface area contributed by atoms with Gasteiger partial charge in [0, 0.05) is 12.8 Å². The van der Waals surface area contributed by atoms with E-state index in [1.165, 1.54) is 17.3 Å². The number of hydrogen-bond acceptors (Lipinski definition) is 5. The molecule has 0 unspecified atom stereocenters. The number of carbonyl (C=O) groups is 1. The molecule has 0 aliphatic rings. The van der Waals surface area contributed by atoms with Crippen LogP contribution in [-0.2, 0) is 11.3 Å². The first-order valence-electron chi connectivity index (χ1n) is 7.74. The minimum absolute atomic E-state index is 0.317. The van der Waals surface area contributed by atoms with Crippen LogP contribution in [0.5, 0.6) is 0 Å². The van der Waals surface area contributed by atoms with E-state index < -0.39 is 0 Å². The maximum atomic E-state index is 11.7. The van der Waals surface area contributed by atoms with Crippen molar-refractivity contribution in [1.29, 1.82) is 0 Å². The molecular weight excluding hydrogens is 344 g/mol. The van der Waals surface area contributed by atoms with E-state index in [1.807, 2.05) is 31.2 Å². The first-order valence-corrected chi connectivity index (χ1v) is 9.11. The molecule has 1 N–H and O–H groups in total. The number of benzene rings is 1. The van der Waals surface area contributed by atoms with E-state index in [0.29, 0.717) is 28.4 Å². The van der Waals surface area contributed by atoms with Crippen molar-refractivity contribution in [3.63, 3.8) is 0 Å². The Kier molecular flexibility index (Phi) is 6.87. The zero-order valence-electron chi connectivity index (χ0n) is 14.0. The molecule has 0 saturated carbocycles. The number of nitrogens with one attached hydrogen (secondary N) is 1. The molecule has 0 spiro atoms. The van der Waals surface area contributed by atoms with Crippen LogP contribution in [0.3, 0.4) is 0 Å². The lowest BCUT2D eigenvalue weighted by atomic mass is 10.1. The van der Waals surface area contributed by atoms with Gasteiger partial charge in [-0.1, -0.05) is 60.1 Å². The number of carbonyl (C=O) groups excluding carboxylic acids is 1. The molecule has 1 amide bonds. The number of amides is 1. The third-order valence-electron chi connectivity index (χ3n) is 3.38. The summed E-state index contributed by atoms with van der Waals surface area (Å²) in [6.07, 6.45) is 1.78. The molecule has 1 aromatic heterocycles. The van der Waals surface area contributed by atoms with Crippen molar-refractivity contribution in [2.24, 2.45) is 0 Å². The van der Waals surface area contributed by atoms with Crippen molar-refractivity contribution in [3.8, 4) is 0 Å². The van der Waals surface area contributed by atoms with Crippen molar-refractivity contribution in [2.45, 2.75) is 32.0 Å². The topological polar surface area (TPSA) is 58.1 Å². The van der Waals surface area contributed by atoms with Crippen LogP contribution in [-0.4, -0.2) is 29.2 Å². The molecule has 5 nitrogen and oxygen atoms in total. The van der Waals surface area contributed by atoms with E-state index in [9.17, 15) is 4.79 Å². The third-order valence-corrected chi connectivity index (χ3v) is 4.71.